The van der Waals surface area contributed by atoms with Crippen molar-refractivity contribution in [1.29, 1.82) is 0 Å². The van der Waals surface area contributed by atoms with Crippen LogP contribution in [0.4, 0.5) is 5.69 Å². The van der Waals surface area contributed by atoms with Gasteiger partial charge in [0.1, 0.15) is 0 Å². The maximum Gasteiger partial charge on any atom is 0.0844 e. The topological polar surface area (TPSA) is 29.3 Å². The van der Waals surface area contributed by atoms with Crippen molar-refractivity contribution >= 4 is 48.9 Å². The third-order valence-corrected chi connectivity index (χ3v) is 6.62. The normalized spacial score (nSPS) is 12.4. The van der Waals surface area contributed by atoms with Crippen LogP contribution in [0, 0.1) is 6.92 Å². The molecule has 108 valence electrons. The molecule has 0 bridgehead atoms. The molecule has 0 saturated heterocycles. The van der Waals surface area contributed by atoms with E-state index in [0.717, 1.165) is 14.8 Å². The highest BCUT2D eigenvalue weighted by atomic mass is 79.9. The average Bonchev–Trinajstić information content (AvgIpc) is 2.75. The first kappa shape index (κ1) is 16.0. The van der Waals surface area contributed by atoms with Gasteiger partial charge < -0.3 is 10.6 Å². The fourth-order valence-corrected chi connectivity index (χ4v) is 4.53. The minimum atomic E-state index is 0.203. The van der Waals surface area contributed by atoms with Gasteiger partial charge in [0.2, 0.25) is 0 Å². The van der Waals surface area contributed by atoms with E-state index in [0.29, 0.717) is 6.54 Å². The summed E-state index contributed by atoms with van der Waals surface area (Å²) >= 11 is 8.86. The number of likely N-dealkylation sites (N-methyl/N-ethyl adjacent to an activating group) is 1. The second-order valence-electron chi connectivity index (χ2n) is 4.65. The largest absolute Gasteiger partial charge is 0.363 e. The molecule has 2 rings (SSSR count). The van der Waals surface area contributed by atoms with Crippen molar-refractivity contribution in [1.82, 2.24) is 0 Å². The third kappa shape index (κ3) is 3.45. The fraction of sp³-hybridized carbons (Fsp3) is 0.333. The zero-order valence-electron chi connectivity index (χ0n) is 11.6. The maximum atomic E-state index is 6.05. The molecule has 0 fully saturated rings. The summed E-state index contributed by atoms with van der Waals surface area (Å²) in [6, 6.07) is 10.9. The fourth-order valence-electron chi connectivity index (χ4n) is 2.31. The average molecular weight is 418 g/mol. The van der Waals surface area contributed by atoms with Crippen LogP contribution in [0.3, 0.4) is 0 Å². The van der Waals surface area contributed by atoms with Crippen LogP contribution in [0.15, 0.2) is 38.6 Å². The molecule has 0 saturated carbocycles. The van der Waals surface area contributed by atoms with E-state index in [1.54, 1.807) is 11.3 Å². The lowest BCUT2D eigenvalue weighted by atomic mass is 10.1. The molecule has 0 aliphatic carbocycles. The van der Waals surface area contributed by atoms with Gasteiger partial charge in [0.15, 0.2) is 0 Å². The van der Waals surface area contributed by atoms with E-state index in [1.807, 2.05) is 0 Å². The van der Waals surface area contributed by atoms with Crippen molar-refractivity contribution in [3.63, 3.8) is 0 Å². The predicted molar refractivity (Wildman–Crippen MR) is 95.7 cm³/mol. The van der Waals surface area contributed by atoms with Crippen LogP contribution >= 0.6 is 43.2 Å². The van der Waals surface area contributed by atoms with Crippen LogP contribution in [0.2, 0.25) is 0 Å². The number of hydrogen-bond donors (Lipinski definition) is 1. The highest BCUT2D eigenvalue weighted by molar-refractivity contribution is 9.13. The molecule has 5 heteroatoms. The Morgan fingerprint density at radius 1 is 1.30 bits per heavy atom. The van der Waals surface area contributed by atoms with Gasteiger partial charge in [-0.2, -0.15) is 0 Å². The molecule has 0 aliphatic heterocycles. The number of rotatable bonds is 5. The molecule has 1 atom stereocenters. The van der Waals surface area contributed by atoms with E-state index in [-0.39, 0.29) is 6.04 Å². The number of halogens is 2. The number of aryl methyl sites for hydroxylation is 1. The van der Waals surface area contributed by atoms with Crippen LogP contribution in [-0.4, -0.2) is 13.1 Å². The number of nitrogens with two attached hydrogens (primary N) is 1. The molecule has 1 unspecified atom stereocenters. The highest BCUT2D eigenvalue weighted by Gasteiger charge is 2.21. The van der Waals surface area contributed by atoms with E-state index in [4.69, 9.17) is 5.73 Å². The van der Waals surface area contributed by atoms with Gasteiger partial charge in [0, 0.05) is 28.1 Å². The van der Waals surface area contributed by atoms with Crippen LogP contribution in [0.25, 0.3) is 0 Å². The van der Waals surface area contributed by atoms with Gasteiger partial charge in [-0.1, -0.05) is 12.1 Å². The van der Waals surface area contributed by atoms with E-state index < -0.39 is 0 Å². The molecule has 0 radical (unpaired) electrons. The summed E-state index contributed by atoms with van der Waals surface area (Å²) in [7, 11) is 0. The summed E-state index contributed by atoms with van der Waals surface area (Å²) in [4.78, 5) is 3.63. The zero-order valence-corrected chi connectivity index (χ0v) is 15.6. The van der Waals surface area contributed by atoms with Gasteiger partial charge in [-0.25, -0.2) is 0 Å². The number of thiophene rings is 1. The Hall–Kier alpha value is -0.360. The molecule has 1 aromatic carbocycles. The van der Waals surface area contributed by atoms with Gasteiger partial charge in [-0.15, -0.1) is 11.3 Å². The van der Waals surface area contributed by atoms with Crippen molar-refractivity contribution in [2.24, 2.45) is 5.73 Å². The van der Waals surface area contributed by atoms with Crippen molar-refractivity contribution in [3.05, 3.63) is 49.0 Å². The summed E-state index contributed by atoms with van der Waals surface area (Å²) in [5.74, 6) is 0. The van der Waals surface area contributed by atoms with Crippen molar-refractivity contribution < 1.29 is 0 Å². The Morgan fingerprint density at radius 3 is 2.55 bits per heavy atom. The third-order valence-electron chi connectivity index (χ3n) is 3.27. The molecule has 2 nitrogen and oxygen atoms in total. The molecule has 1 aromatic heterocycles. The number of nitrogens with zero attached hydrogens (tertiary/aromatic N) is 1. The van der Waals surface area contributed by atoms with E-state index in [1.165, 1.54) is 16.1 Å². The Labute approximate surface area is 141 Å². The molecule has 20 heavy (non-hydrogen) atoms. The molecule has 1 heterocycles. The molecule has 0 aliphatic rings. The van der Waals surface area contributed by atoms with Crippen molar-refractivity contribution in [3.8, 4) is 0 Å². The van der Waals surface area contributed by atoms with E-state index in [9.17, 15) is 0 Å². The van der Waals surface area contributed by atoms with E-state index >= 15 is 0 Å². The van der Waals surface area contributed by atoms with E-state index in [2.05, 4.69) is 80.9 Å². The number of hydrogen-bond acceptors (Lipinski definition) is 3. The minimum absolute atomic E-state index is 0.203. The predicted octanol–water partition coefficient (Wildman–Crippen LogP) is 5.11. The first-order valence-corrected chi connectivity index (χ1v) is 8.95. The van der Waals surface area contributed by atoms with Crippen LogP contribution in [0.5, 0.6) is 0 Å². The minimum Gasteiger partial charge on any atom is -0.363 e. The summed E-state index contributed by atoms with van der Waals surface area (Å²) in [5, 5.41) is 0. The first-order valence-electron chi connectivity index (χ1n) is 6.55. The SMILES string of the molecule is CCN(c1cccc(C)c1)C(CN)c1cc(Br)c(Br)s1. The van der Waals surface area contributed by atoms with Crippen LogP contribution in [-0.2, 0) is 0 Å². The van der Waals surface area contributed by atoms with Crippen molar-refractivity contribution in [2.45, 2.75) is 19.9 Å². The lowest BCUT2D eigenvalue weighted by molar-refractivity contribution is 0.653. The smallest absolute Gasteiger partial charge is 0.0844 e. The maximum absolute atomic E-state index is 6.05. The standard InChI is InChI=1S/C15H18Br2N2S/c1-3-19(11-6-4-5-10(2)7-11)13(9-18)14-8-12(16)15(17)20-14/h4-8,13H,3,9,18H2,1-2H3. The van der Waals surface area contributed by atoms with Crippen LogP contribution in [0.1, 0.15) is 23.4 Å². The number of anilines is 1. The van der Waals surface area contributed by atoms with Gasteiger partial charge in [-0.3, -0.25) is 0 Å². The quantitative estimate of drug-likeness (QED) is 0.732. The molecule has 2 N–H and O–H groups in total. The van der Waals surface area contributed by atoms with Gasteiger partial charge >= 0.3 is 0 Å². The molecule has 2 aromatic rings. The Bertz CT molecular complexity index is 564. The summed E-state index contributed by atoms with van der Waals surface area (Å²) in [5.41, 5.74) is 8.54. The Kier molecular flexibility index (Phi) is 5.66. The van der Waals surface area contributed by atoms with Gasteiger partial charge in [0.05, 0.1) is 9.83 Å². The molecule has 0 spiro atoms. The van der Waals surface area contributed by atoms with Gasteiger partial charge in [-0.05, 0) is 69.5 Å². The van der Waals surface area contributed by atoms with Crippen molar-refractivity contribution in [2.75, 3.05) is 18.0 Å². The zero-order chi connectivity index (χ0) is 14.7. The number of benzene rings is 1. The highest BCUT2D eigenvalue weighted by Crippen LogP contribution is 2.38. The Balaban J connectivity index is 2.37. The summed E-state index contributed by atoms with van der Waals surface area (Å²) < 4.78 is 2.21. The summed E-state index contributed by atoms with van der Waals surface area (Å²) in [6.07, 6.45) is 0. The lowest BCUT2D eigenvalue weighted by Gasteiger charge is -2.31. The Morgan fingerprint density at radius 2 is 2.05 bits per heavy atom. The molecule has 0 amide bonds. The second kappa shape index (κ2) is 7.07. The first-order chi connectivity index (χ1) is 9.56. The monoisotopic (exact) mass is 416 g/mol. The molecular formula is C15H18Br2N2S. The van der Waals surface area contributed by atoms with Gasteiger partial charge in [0.25, 0.3) is 0 Å². The lowest BCUT2D eigenvalue weighted by Crippen LogP contribution is -2.33. The second-order valence-corrected chi connectivity index (χ2v) is 7.90. The van der Waals surface area contributed by atoms with Crippen LogP contribution < -0.4 is 10.6 Å². The molecular weight excluding hydrogens is 400 g/mol. The summed E-state index contributed by atoms with van der Waals surface area (Å²) in [6.45, 7) is 5.81.